The van der Waals surface area contributed by atoms with E-state index >= 15 is 0 Å². The quantitative estimate of drug-likeness (QED) is 0.776. The third-order valence-corrected chi connectivity index (χ3v) is 4.69. The Labute approximate surface area is 142 Å². The number of amides is 1. The molecular weight excluding hydrogens is 319 g/mol. The van der Waals surface area contributed by atoms with Crippen LogP contribution in [0.3, 0.4) is 0 Å². The van der Waals surface area contributed by atoms with Crippen molar-refractivity contribution in [3.63, 3.8) is 0 Å². The highest BCUT2D eigenvalue weighted by Crippen LogP contribution is 2.24. The Bertz CT molecular complexity index is 519. The number of nitrogens with one attached hydrogen (secondary N) is 3. The molecule has 0 aliphatic carbocycles. The van der Waals surface area contributed by atoms with Gasteiger partial charge in [-0.15, -0.1) is 12.4 Å². The number of hydrogen-bond acceptors (Lipinski definition) is 4. The molecule has 2 aliphatic rings. The Hall–Kier alpha value is -1.21. The van der Waals surface area contributed by atoms with Crippen molar-refractivity contribution in [2.45, 2.75) is 37.4 Å². The van der Waals surface area contributed by atoms with Crippen LogP contribution < -0.4 is 16.2 Å². The third-order valence-electron chi connectivity index (χ3n) is 4.69. The SMILES string of the molecule is CNC1CCN(C(=O)C2CC(c3ccc(F)cc3)NN2)CC1.Cl. The predicted molar refractivity (Wildman–Crippen MR) is 89.7 cm³/mol. The van der Waals surface area contributed by atoms with Gasteiger partial charge in [-0.05, 0) is 44.0 Å². The fourth-order valence-corrected chi connectivity index (χ4v) is 3.24. The summed E-state index contributed by atoms with van der Waals surface area (Å²) in [6.45, 7) is 1.62. The van der Waals surface area contributed by atoms with Gasteiger partial charge < -0.3 is 10.2 Å². The normalized spacial score (nSPS) is 25.2. The molecule has 2 heterocycles. The van der Waals surface area contributed by atoms with Crippen molar-refractivity contribution >= 4 is 18.3 Å². The highest BCUT2D eigenvalue weighted by molar-refractivity contribution is 5.85. The minimum atomic E-state index is -0.241. The van der Waals surface area contributed by atoms with E-state index in [1.807, 2.05) is 11.9 Å². The van der Waals surface area contributed by atoms with E-state index < -0.39 is 0 Å². The van der Waals surface area contributed by atoms with E-state index in [1.54, 1.807) is 12.1 Å². The molecule has 3 N–H and O–H groups in total. The van der Waals surface area contributed by atoms with Crippen LogP contribution in [0.4, 0.5) is 4.39 Å². The molecule has 0 saturated carbocycles. The molecule has 3 rings (SSSR count). The lowest BCUT2D eigenvalue weighted by Gasteiger charge is -2.33. The van der Waals surface area contributed by atoms with E-state index in [-0.39, 0.29) is 36.2 Å². The van der Waals surface area contributed by atoms with Gasteiger partial charge in [-0.1, -0.05) is 12.1 Å². The minimum absolute atomic E-state index is 0. The van der Waals surface area contributed by atoms with Gasteiger partial charge in [0.05, 0.1) is 0 Å². The molecule has 0 aromatic heterocycles. The lowest BCUT2D eigenvalue weighted by atomic mass is 10.00. The molecule has 128 valence electrons. The summed E-state index contributed by atoms with van der Waals surface area (Å²) in [5.41, 5.74) is 7.24. The van der Waals surface area contributed by atoms with E-state index in [2.05, 4.69) is 16.2 Å². The van der Waals surface area contributed by atoms with Gasteiger partial charge in [0.15, 0.2) is 0 Å². The Morgan fingerprint density at radius 1 is 1.22 bits per heavy atom. The smallest absolute Gasteiger partial charge is 0.241 e. The molecule has 1 aromatic carbocycles. The summed E-state index contributed by atoms with van der Waals surface area (Å²) in [7, 11) is 1.97. The molecule has 2 aliphatic heterocycles. The van der Waals surface area contributed by atoms with Crippen molar-refractivity contribution in [2.24, 2.45) is 0 Å². The summed E-state index contributed by atoms with van der Waals surface area (Å²) in [5.74, 6) is -0.0820. The second-order valence-corrected chi connectivity index (χ2v) is 6.07. The molecule has 5 nitrogen and oxygen atoms in total. The third kappa shape index (κ3) is 4.20. The molecule has 1 amide bonds. The molecule has 2 saturated heterocycles. The summed E-state index contributed by atoms with van der Waals surface area (Å²) in [5, 5.41) is 3.27. The first-order valence-corrected chi connectivity index (χ1v) is 7.90. The zero-order valence-electron chi connectivity index (χ0n) is 13.2. The average molecular weight is 343 g/mol. The van der Waals surface area contributed by atoms with Crippen LogP contribution in [-0.2, 0) is 4.79 Å². The number of halogens is 2. The molecule has 7 heteroatoms. The largest absolute Gasteiger partial charge is 0.341 e. The first-order chi connectivity index (χ1) is 10.7. The van der Waals surface area contributed by atoms with Crippen LogP contribution in [0.5, 0.6) is 0 Å². The average Bonchev–Trinajstić information content (AvgIpc) is 3.05. The lowest BCUT2D eigenvalue weighted by molar-refractivity contribution is -0.134. The van der Waals surface area contributed by atoms with Crippen LogP contribution >= 0.6 is 12.4 Å². The van der Waals surface area contributed by atoms with Gasteiger partial charge in [0, 0.05) is 25.2 Å². The summed E-state index contributed by atoms with van der Waals surface area (Å²) >= 11 is 0. The highest BCUT2D eigenvalue weighted by Gasteiger charge is 2.34. The van der Waals surface area contributed by atoms with Crippen molar-refractivity contribution in [3.8, 4) is 0 Å². The predicted octanol–water partition coefficient (Wildman–Crippen LogP) is 1.37. The number of rotatable bonds is 3. The number of likely N-dealkylation sites (tertiary alicyclic amines) is 1. The van der Waals surface area contributed by atoms with Crippen LogP contribution in [0.15, 0.2) is 24.3 Å². The fourth-order valence-electron chi connectivity index (χ4n) is 3.24. The van der Waals surface area contributed by atoms with Crippen molar-refractivity contribution < 1.29 is 9.18 Å². The van der Waals surface area contributed by atoms with Gasteiger partial charge in [-0.25, -0.2) is 15.2 Å². The summed E-state index contributed by atoms with van der Waals surface area (Å²) in [6.07, 6.45) is 2.70. The van der Waals surface area contributed by atoms with E-state index in [0.29, 0.717) is 12.5 Å². The summed E-state index contributed by atoms with van der Waals surface area (Å²) in [4.78, 5) is 14.5. The number of benzene rings is 1. The maximum atomic E-state index is 13.0. The van der Waals surface area contributed by atoms with E-state index in [0.717, 1.165) is 31.5 Å². The molecular formula is C16H24ClFN4O. The standard InChI is InChI=1S/C16H23FN4O.ClH/c1-18-13-6-8-21(9-7-13)16(22)15-10-14(19-20-15)11-2-4-12(17)5-3-11;/h2-5,13-15,18-20H,6-10H2,1H3;1H. The maximum Gasteiger partial charge on any atom is 0.241 e. The fraction of sp³-hybridized carbons (Fsp3) is 0.562. The Balaban J connectivity index is 0.00000192. The highest BCUT2D eigenvalue weighted by atomic mass is 35.5. The Morgan fingerprint density at radius 2 is 1.87 bits per heavy atom. The van der Waals surface area contributed by atoms with Crippen molar-refractivity contribution in [2.75, 3.05) is 20.1 Å². The van der Waals surface area contributed by atoms with Crippen LogP contribution in [0, 0.1) is 5.82 Å². The molecule has 1 aromatic rings. The van der Waals surface area contributed by atoms with Crippen molar-refractivity contribution in [3.05, 3.63) is 35.6 Å². The van der Waals surface area contributed by atoms with Gasteiger partial charge in [-0.3, -0.25) is 4.79 Å². The minimum Gasteiger partial charge on any atom is -0.341 e. The first-order valence-electron chi connectivity index (χ1n) is 7.90. The van der Waals surface area contributed by atoms with Gasteiger partial charge in [0.1, 0.15) is 11.9 Å². The van der Waals surface area contributed by atoms with Crippen LogP contribution in [0.1, 0.15) is 30.9 Å². The van der Waals surface area contributed by atoms with Gasteiger partial charge >= 0.3 is 0 Å². The number of hydrazine groups is 1. The number of carbonyl (C=O) groups is 1. The van der Waals surface area contributed by atoms with Gasteiger partial charge in [0.2, 0.25) is 5.91 Å². The van der Waals surface area contributed by atoms with E-state index in [4.69, 9.17) is 0 Å². The molecule has 0 spiro atoms. The molecule has 2 atom stereocenters. The zero-order valence-corrected chi connectivity index (χ0v) is 14.0. The lowest BCUT2D eigenvalue weighted by Crippen LogP contribution is -2.50. The monoisotopic (exact) mass is 342 g/mol. The van der Waals surface area contributed by atoms with Gasteiger partial charge in [-0.2, -0.15) is 0 Å². The maximum absolute atomic E-state index is 13.0. The Kier molecular flexibility index (Phi) is 6.35. The molecule has 0 radical (unpaired) electrons. The second kappa shape index (κ2) is 8.06. The topological polar surface area (TPSA) is 56.4 Å². The second-order valence-electron chi connectivity index (χ2n) is 6.07. The molecule has 0 bridgehead atoms. The molecule has 2 fully saturated rings. The van der Waals surface area contributed by atoms with E-state index in [9.17, 15) is 9.18 Å². The van der Waals surface area contributed by atoms with Crippen LogP contribution in [0.2, 0.25) is 0 Å². The molecule has 2 unspecified atom stereocenters. The number of piperidine rings is 1. The number of carbonyl (C=O) groups excluding carboxylic acids is 1. The van der Waals surface area contributed by atoms with Crippen LogP contribution in [0.25, 0.3) is 0 Å². The van der Waals surface area contributed by atoms with Crippen molar-refractivity contribution in [1.82, 2.24) is 21.1 Å². The number of hydrogen-bond donors (Lipinski definition) is 3. The first kappa shape index (κ1) is 18.1. The van der Waals surface area contributed by atoms with Crippen molar-refractivity contribution in [1.29, 1.82) is 0 Å². The Morgan fingerprint density at radius 3 is 2.48 bits per heavy atom. The van der Waals surface area contributed by atoms with Gasteiger partial charge in [0.25, 0.3) is 0 Å². The van der Waals surface area contributed by atoms with Crippen LogP contribution in [-0.4, -0.2) is 43.0 Å². The zero-order chi connectivity index (χ0) is 15.5. The molecule has 23 heavy (non-hydrogen) atoms. The number of nitrogens with zero attached hydrogens (tertiary/aromatic N) is 1. The summed E-state index contributed by atoms with van der Waals surface area (Å²) < 4.78 is 13.0. The van der Waals surface area contributed by atoms with E-state index in [1.165, 1.54) is 12.1 Å². The summed E-state index contributed by atoms with van der Waals surface area (Å²) in [6, 6.07) is 6.79.